The van der Waals surface area contributed by atoms with Gasteiger partial charge >= 0.3 is 0 Å². The number of carbonyl (C=O) groups excluding carboxylic acids is 1. The summed E-state index contributed by atoms with van der Waals surface area (Å²) in [6, 6.07) is 4.75. The van der Waals surface area contributed by atoms with Gasteiger partial charge in [0, 0.05) is 37.2 Å². The fourth-order valence-corrected chi connectivity index (χ4v) is 6.07. The van der Waals surface area contributed by atoms with Gasteiger partial charge < -0.3 is 10.6 Å². The molecule has 0 aliphatic carbocycles. The highest BCUT2D eigenvalue weighted by molar-refractivity contribution is 7.88. The van der Waals surface area contributed by atoms with Gasteiger partial charge in [-0.15, -0.1) is 5.10 Å². The van der Waals surface area contributed by atoms with Crippen molar-refractivity contribution in [1.82, 2.24) is 24.2 Å². The van der Waals surface area contributed by atoms with Crippen molar-refractivity contribution in [2.75, 3.05) is 19.3 Å². The van der Waals surface area contributed by atoms with Crippen molar-refractivity contribution in [2.45, 2.75) is 51.9 Å². The number of hydrogen-bond acceptors (Lipinski definition) is 6. The van der Waals surface area contributed by atoms with Gasteiger partial charge in [-0.05, 0) is 36.1 Å². The average Bonchev–Trinajstić information content (AvgIpc) is 3.43. The third-order valence-electron chi connectivity index (χ3n) is 6.70. The number of hydrogen-bond donors (Lipinski definition) is 1. The molecule has 33 heavy (non-hydrogen) atoms. The number of carbonyl (C=O) groups is 1. The molecule has 0 saturated carbocycles. The van der Waals surface area contributed by atoms with Gasteiger partial charge in [-0.1, -0.05) is 26.0 Å². The maximum atomic E-state index is 13.3. The largest absolute Gasteiger partial charge is 0.336 e. The summed E-state index contributed by atoms with van der Waals surface area (Å²) in [6.45, 7) is 6.93. The topological polar surface area (TPSA) is 114 Å². The van der Waals surface area contributed by atoms with Gasteiger partial charge in [0.05, 0.1) is 24.5 Å². The van der Waals surface area contributed by atoms with E-state index in [2.05, 4.69) is 10.3 Å². The third kappa shape index (κ3) is 4.67. The van der Waals surface area contributed by atoms with Crippen LogP contribution in [0.15, 0.2) is 30.5 Å². The monoisotopic (exact) mass is 478 g/mol. The minimum absolute atomic E-state index is 0.152. The summed E-state index contributed by atoms with van der Waals surface area (Å²) in [5.74, 6) is -0.643. The van der Waals surface area contributed by atoms with E-state index >= 15 is 0 Å². The highest BCUT2D eigenvalue weighted by Crippen LogP contribution is 2.39. The van der Waals surface area contributed by atoms with Gasteiger partial charge in [0.15, 0.2) is 0 Å². The molecule has 2 N–H and O–H groups in total. The summed E-state index contributed by atoms with van der Waals surface area (Å²) in [5.41, 5.74) is 7.20. The Morgan fingerprint density at radius 1 is 1.27 bits per heavy atom. The molecule has 4 rings (SSSR count). The summed E-state index contributed by atoms with van der Waals surface area (Å²) < 4.78 is 41.4. The summed E-state index contributed by atoms with van der Waals surface area (Å²) in [5, 5.41) is 8.39. The van der Waals surface area contributed by atoms with E-state index in [1.807, 2.05) is 20.8 Å². The number of fused-ring (bicyclic) bond motifs is 1. The molecule has 2 aromatic rings. The van der Waals surface area contributed by atoms with Crippen LogP contribution in [0, 0.1) is 17.2 Å². The van der Waals surface area contributed by atoms with Crippen LogP contribution in [0.3, 0.4) is 0 Å². The van der Waals surface area contributed by atoms with Gasteiger partial charge in [0.1, 0.15) is 11.5 Å². The van der Waals surface area contributed by atoms with Gasteiger partial charge in [-0.3, -0.25) is 9.48 Å². The number of amides is 1. The molecule has 11 heteroatoms. The van der Waals surface area contributed by atoms with Crippen LogP contribution in [-0.4, -0.2) is 76.0 Å². The second-order valence-corrected chi connectivity index (χ2v) is 12.1. The number of nitrogens with zero attached hydrogens (tertiary/aromatic N) is 5. The first-order chi connectivity index (χ1) is 15.4. The van der Waals surface area contributed by atoms with E-state index in [9.17, 15) is 17.6 Å². The van der Waals surface area contributed by atoms with E-state index < -0.39 is 21.5 Å². The van der Waals surface area contributed by atoms with Crippen LogP contribution in [0.4, 0.5) is 4.39 Å². The molecule has 4 atom stereocenters. The molecule has 2 aliphatic rings. The summed E-state index contributed by atoms with van der Waals surface area (Å²) in [6.07, 6.45) is 3.54. The Balaban J connectivity index is 1.60. The van der Waals surface area contributed by atoms with Gasteiger partial charge in [-0.25, -0.2) is 12.8 Å². The Hall–Kier alpha value is -2.37. The van der Waals surface area contributed by atoms with Crippen molar-refractivity contribution in [1.29, 1.82) is 0 Å². The normalized spacial score (nSPS) is 24.8. The van der Waals surface area contributed by atoms with Crippen molar-refractivity contribution in [3.05, 3.63) is 36.3 Å². The molecule has 1 amide bonds. The van der Waals surface area contributed by atoms with E-state index in [4.69, 9.17) is 5.73 Å². The number of aromatic nitrogens is 3. The maximum Gasteiger partial charge on any atom is 0.240 e. The number of halogens is 1. The lowest BCUT2D eigenvalue weighted by atomic mass is 9.86. The van der Waals surface area contributed by atoms with Crippen LogP contribution in [0.1, 0.15) is 27.2 Å². The van der Waals surface area contributed by atoms with Crippen molar-refractivity contribution in [2.24, 2.45) is 17.1 Å². The van der Waals surface area contributed by atoms with Crippen molar-refractivity contribution < 1.29 is 17.6 Å². The van der Waals surface area contributed by atoms with E-state index in [0.29, 0.717) is 31.7 Å². The Labute approximate surface area is 193 Å². The molecule has 2 saturated heterocycles. The highest BCUT2D eigenvalue weighted by atomic mass is 32.2. The van der Waals surface area contributed by atoms with E-state index in [1.165, 1.54) is 22.7 Å². The fraction of sp³-hybridized carbons (Fsp3) is 0.591. The fourth-order valence-electron chi connectivity index (χ4n) is 4.89. The van der Waals surface area contributed by atoms with Crippen LogP contribution in [0.2, 0.25) is 0 Å². The lowest BCUT2D eigenvalue weighted by Crippen LogP contribution is -2.54. The molecule has 0 bridgehead atoms. The summed E-state index contributed by atoms with van der Waals surface area (Å²) >= 11 is 0. The van der Waals surface area contributed by atoms with Crippen molar-refractivity contribution >= 4 is 15.9 Å². The van der Waals surface area contributed by atoms with Gasteiger partial charge in [0.25, 0.3) is 0 Å². The third-order valence-corrected chi connectivity index (χ3v) is 7.97. The Bertz CT molecular complexity index is 1130. The number of rotatable bonds is 5. The number of sulfonamides is 1. The standard InChI is InChI=1S/C22H31FN6O3S/c1-22(2,3)20(24)21(30)28-10-9-18-19(28)15(12-29(18)33(4,31)32)11-27-13-17(25-26-27)14-5-7-16(23)8-6-14/h5-8,13,15,18-20H,9-12,24H2,1-4H3/t15-,18+,19+,20?/m0/s1. The molecular formula is C22H31FN6O3S. The number of benzene rings is 1. The summed E-state index contributed by atoms with van der Waals surface area (Å²) in [4.78, 5) is 15.0. The molecule has 1 aromatic heterocycles. The SMILES string of the molecule is CC(C)(C)C(N)C(=O)N1CC[C@@H]2[C@H]1[C@@H](Cn1cc(-c3ccc(F)cc3)nn1)CN2S(C)(=O)=O. The van der Waals surface area contributed by atoms with Gasteiger partial charge in [0.2, 0.25) is 15.9 Å². The van der Waals surface area contributed by atoms with Crippen LogP contribution < -0.4 is 5.73 Å². The zero-order valence-corrected chi connectivity index (χ0v) is 20.2. The molecular weight excluding hydrogens is 447 g/mol. The second-order valence-electron chi connectivity index (χ2n) is 10.1. The maximum absolute atomic E-state index is 13.3. The van der Waals surface area contributed by atoms with Gasteiger partial charge in [-0.2, -0.15) is 4.31 Å². The first-order valence-corrected chi connectivity index (χ1v) is 12.9. The zero-order chi connectivity index (χ0) is 24.1. The Morgan fingerprint density at radius 2 is 1.94 bits per heavy atom. The van der Waals surface area contributed by atoms with Crippen molar-refractivity contribution in [3.63, 3.8) is 0 Å². The average molecular weight is 479 g/mol. The molecule has 180 valence electrons. The zero-order valence-electron chi connectivity index (χ0n) is 19.3. The first-order valence-electron chi connectivity index (χ1n) is 11.0. The van der Waals surface area contributed by atoms with Crippen LogP contribution in [0.5, 0.6) is 0 Å². The highest BCUT2D eigenvalue weighted by Gasteiger charge is 2.53. The molecule has 0 spiro atoms. The molecule has 2 aliphatic heterocycles. The van der Waals surface area contributed by atoms with Crippen LogP contribution in [-0.2, 0) is 21.4 Å². The molecule has 1 unspecified atom stereocenters. The predicted molar refractivity (Wildman–Crippen MR) is 122 cm³/mol. The Morgan fingerprint density at radius 3 is 2.55 bits per heavy atom. The molecule has 1 aromatic carbocycles. The second kappa shape index (κ2) is 8.44. The Kier molecular flexibility index (Phi) is 6.08. The van der Waals surface area contributed by atoms with Crippen LogP contribution in [0.25, 0.3) is 11.3 Å². The molecule has 2 fully saturated rings. The van der Waals surface area contributed by atoms with E-state index in [1.54, 1.807) is 27.9 Å². The lowest BCUT2D eigenvalue weighted by molar-refractivity contribution is -0.136. The summed E-state index contributed by atoms with van der Waals surface area (Å²) in [7, 11) is -3.44. The molecule has 3 heterocycles. The minimum Gasteiger partial charge on any atom is -0.336 e. The lowest BCUT2D eigenvalue weighted by Gasteiger charge is -2.34. The number of nitrogens with two attached hydrogens (primary N) is 1. The van der Waals surface area contributed by atoms with Crippen LogP contribution >= 0.6 is 0 Å². The molecule has 9 nitrogen and oxygen atoms in total. The first kappa shape index (κ1) is 23.8. The smallest absolute Gasteiger partial charge is 0.240 e. The minimum atomic E-state index is -3.44. The predicted octanol–water partition coefficient (Wildman–Crippen LogP) is 1.32. The van der Waals surface area contributed by atoms with E-state index in [0.717, 1.165) is 5.56 Å². The number of likely N-dealkylation sites (tertiary alicyclic amines) is 1. The van der Waals surface area contributed by atoms with Crippen molar-refractivity contribution in [3.8, 4) is 11.3 Å². The quantitative estimate of drug-likeness (QED) is 0.693. The molecule has 0 radical (unpaired) electrons. The van der Waals surface area contributed by atoms with E-state index in [-0.39, 0.29) is 29.7 Å².